The lowest BCUT2D eigenvalue weighted by Gasteiger charge is -2.17. The minimum atomic E-state index is -2.39. The van der Waals surface area contributed by atoms with Gasteiger partial charge in [0.15, 0.2) is 16.9 Å². The number of hydrogen-bond acceptors (Lipinski definition) is 8. The number of nitrogens with one attached hydrogen (secondary N) is 1. The number of anilines is 1. The van der Waals surface area contributed by atoms with Gasteiger partial charge < -0.3 is 37.2 Å². The highest BCUT2D eigenvalue weighted by Crippen LogP contribution is 2.53. The number of hydrogen-bond donors (Lipinski definition) is 1. The molecule has 0 radical (unpaired) electrons. The van der Waals surface area contributed by atoms with Crippen molar-refractivity contribution in [2.45, 2.75) is 44.9 Å². The maximum Gasteiger partial charge on any atom is 0.453 e. The average molecular weight is 1050 g/mol. The fourth-order valence-corrected chi connectivity index (χ4v) is 13.0. The Labute approximate surface area is 451 Å². The molecule has 78 heavy (non-hydrogen) atoms. The van der Waals surface area contributed by atoms with Crippen molar-refractivity contribution in [3.05, 3.63) is 181 Å². The van der Waals surface area contributed by atoms with Crippen molar-refractivity contribution >= 4 is 128 Å². The molecule has 13 aromatic rings. The van der Waals surface area contributed by atoms with Gasteiger partial charge in [-0.25, -0.2) is 0 Å². The van der Waals surface area contributed by atoms with E-state index in [0.29, 0.717) is 68.7 Å². The van der Waals surface area contributed by atoms with E-state index in [0.717, 1.165) is 112 Å². The van der Waals surface area contributed by atoms with Crippen LogP contribution in [0.25, 0.3) is 108 Å². The van der Waals surface area contributed by atoms with Gasteiger partial charge in [-0.3, -0.25) is 4.79 Å². The van der Waals surface area contributed by atoms with Crippen molar-refractivity contribution in [3.8, 4) is 28.7 Å². The first-order valence-corrected chi connectivity index (χ1v) is 27.6. The number of para-hydroxylation sites is 2. The van der Waals surface area contributed by atoms with E-state index in [4.69, 9.17) is 31.9 Å². The molecule has 0 spiro atoms. The highest BCUT2D eigenvalue weighted by molar-refractivity contribution is 7.32. The maximum atomic E-state index is 13.9. The fourth-order valence-electron chi connectivity index (χ4n) is 11.9. The number of carbonyl (C=O) groups excluding carboxylic acids is 1. The summed E-state index contributed by atoms with van der Waals surface area (Å²) in [5.41, 5.74) is 2.91. The number of methoxy groups -OCH3 is 4. The van der Waals surface area contributed by atoms with Gasteiger partial charge in [-0.15, -0.1) is 0 Å². The molecular weight excluding hydrogens is 990 g/mol. The molecule has 0 bridgehead atoms. The quantitative estimate of drug-likeness (QED) is 0.0849. The maximum absolute atomic E-state index is 13.9. The second-order valence-electron chi connectivity index (χ2n) is 20.1. The molecule has 1 aromatic heterocycles. The van der Waals surface area contributed by atoms with Gasteiger partial charge in [-0.2, -0.15) is 0 Å². The third-order valence-electron chi connectivity index (χ3n) is 15.7. The fraction of sp³-hybridized carbons (Fsp3) is 0.162. The van der Waals surface area contributed by atoms with Gasteiger partial charge in [0.25, 0.3) is 0 Å². The minimum absolute atomic E-state index is 0.0939. The Morgan fingerprint density at radius 2 is 0.897 bits per heavy atom. The van der Waals surface area contributed by atoms with Gasteiger partial charge in [0.05, 0.1) is 34.1 Å². The Balaban J connectivity index is 1.09. The Morgan fingerprint density at radius 1 is 0.436 bits per heavy atom. The van der Waals surface area contributed by atoms with Crippen molar-refractivity contribution in [2.24, 2.45) is 0 Å². The molecule has 0 aliphatic heterocycles. The van der Waals surface area contributed by atoms with Gasteiger partial charge in [0, 0.05) is 60.3 Å². The molecule has 0 aliphatic rings. The SMILES string of the molecule is COc1cc2c3cc(OC)c4cc(OC)c5ccc6ccc7ccccc7c6c5c4c3op(Oc3ccccc3NC(=O)CCCCC[C@H](C)c3ccccc3)oc2c2c1cc(OC)c1ccc3ccc4ccccc4c3c12. The van der Waals surface area contributed by atoms with Crippen LogP contribution < -0.4 is 28.8 Å². The summed E-state index contributed by atoms with van der Waals surface area (Å²) in [4.78, 5) is 13.9. The number of rotatable bonds is 14. The van der Waals surface area contributed by atoms with Crippen LogP contribution in [0.15, 0.2) is 184 Å². The third kappa shape index (κ3) is 8.28. The van der Waals surface area contributed by atoms with Crippen LogP contribution in [0, 0.1) is 0 Å². The van der Waals surface area contributed by atoms with E-state index in [2.05, 4.69) is 140 Å². The Bertz CT molecular complexity index is 4360. The standard InChI is InChI=1S/C68H56NO8P/c1-40(41-19-9-7-10-20-41)18-8-6-11-27-60(70)69-54-25-16-17-26-55(54)75-78-76-67-50(36-58(73-4)52-38-56(71-2)48-34-32-44-30-28-42-21-12-14-23-46(42)61(44)63(48)65(52)67)51-37-59(74-5)53-39-57(72-3)49-35-33-45-31-29-43-22-13-15-24-47(43)62(45)64(49)66(53)68(51)77-78/h7,9-10,12-17,19-26,28-40H,6,8,11,18,27H2,1-5H3,(H,69,70)/t40-/m0/s1. The van der Waals surface area contributed by atoms with Crippen LogP contribution in [0.1, 0.15) is 50.5 Å². The van der Waals surface area contributed by atoms with Crippen LogP contribution in [0.2, 0.25) is 0 Å². The van der Waals surface area contributed by atoms with Crippen molar-refractivity contribution in [1.82, 2.24) is 0 Å². The largest absolute Gasteiger partial charge is 0.496 e. The molecular formula is C68H56NO8P. The first kappa shape index (κ1) is 48.7. The number of unbranched alkanes of at least 4 members (excludes halogenated alkanes) is 2. The molecule has 0 unspecified atom stereocenters. The molecule has 13 rings (SSSR count). The summed E-state index contributed by atoms with van der Waals surface area (Å²) >= 11 is 0. The molecule has 386 valence electrons. The van der Waals surface area contributed by atoms with Crippen LogP contribution >= 0.6 is 8.24 Å². The monoisotopic (exact) mass is 1050 g/mol. The molecule has 10 heteroatoms. The van der Waals surface area contributed by atoms with Gasteiger partial charge in [-0.1, -0.05) is 147 Å². The molecule has 1 N–H and O–H groups in total. The third-order valence-corrected chi connectivity index (χ3v) is 16.7. The van der Waals surface area contributed by atoms with E-state index in [1.165, 1.54) is 5.56 Å². The second kappa shape index (κ2) is 20.2. The van der Waals surface area contributed by atoms with Crippen LogP contribution in [0.5, 0.6) is 28.7 Å². The summed E-state index contributed by atoms with van der Waals surface area (Å²) in [6.07, 6.45) is 4.18. The van der Waals surface area contributed by atoms with Crippen LogP contribution in [0.4, 0.5) is 5.69 Å². The molecule has 0 saturated heterocycles. The molecule has 1 heterocycles. The lowest BCUT2D eigenvalue weighted by atomic mass is 9.90. The number of ether oxygens (including phenoxy) is 4. The summed E-state index contributed by atoms with van der Waals surface area (Å²) < 4.78 is 47.4. The molecule has 0 saturated carbocycles. The molecule has 0 fully saturated rings. The second-order valence-corrected chi connectivity index (χ2v) is 21.1. The van der Waals surface area contributed by atoms with Crippen LogP contribution in [-0.2, 0) is 4.79 Å². The Hall–Kier alpha value is -8.91. The van der Waals surface area contributed by atoms with Crippen molar-refractivity contribution in [3.63, 3.8) is 0 Å². The first-order valence-electron chi connectivity index (χ1n) is 26.5. The summed E-state index contributed by atoms with van der Waals surface area (Å²) in [5.74, 6) is 3.36. The molecule has 9 nitrogen and oxygen atoms in total. The van der Waals surface area contributed by atoms with E-state index >= 15 is 0 Å². The average Bonchev–Trinajstić information content (AvgIpc) is 3.81. The van der Waals surface area contributed by atoms with Crippen molar-refractivity contribution < 1.29 is 36.7 Å². The zero-order valence-electron chi connectivity index (χ0n) is 44.1. The Kier molecular flexibility index (Phi) is 12.6. The predicted octanol–water partition coefficient (Wildman–Crippen LogP) is 19.1. The van der Waals surface area contributed by atoms with Crippen molar-refractivity contribution in [2.75, 3.05) is 33.8 Å². The summed E-state index contributed by atoms with van der Waals surface area (Å²) in [6, 6.07) is 60.3. The zero-order valence-corrected chi connectivity index (χ0v) is 45.0. The molecule has 0 aliphatic carbocycles. The number of benzene rings is 12. The molecule has 12 aromatic carbocycles. The van der Waals surface area contributed by atoms with Crippen LogP contribution in [-0.4, -0.2) is 34.3 Å². The number of amides is 1. The minimum Gasteiger partial charge on any atom is -0.496 e. The lowest BCUT2D eigenvalue weighted by molar-refractivity contribution is -0.116. The van der Waals surface area contributed by atoms with Crippen LogP contribution in [0.3, 0.4) is 0 Å². The topological polar surface area (TPSA) is 102 Å². The molecule has 1 amide bonds. The highest BCUT2D eigenvalue weighted by Gasteiger charge is 2.26. The van der Waals surface area contributed by atoms with Gasteiger partial charge >= 0.3 is 8.24 Å². The summed E-state index contributed by atoms with van der Waals surface area (Å²) in [6.45, 7) is 2.27. The van der Waals surface area contributed by atoms with E-state index < -0.39 is 8.24 Å². The van der Waals surface area contributed by atoms with Gasteiger partial charge in [0.1, 0.15) is 23.0 Å². The first-order chi connectivity index (χ1) is 38.3. The van der Waals surface area contributed by atoms with E-state index in [-0.39, 0.29) is 5.91 Å². The smallest absolute Gasteiger partial charge is 0.453 e. The van der Waals surface area contributed by atoms with Gasteiger partial charge in [-0.05, 0) is 116 Å². The predicted molar refractivity (Wildman–Crippen MR) is 322 cm³/mol. The normalized spacial score (nSPS) is 12.2. The summed E-state index contributed by atoms with van der Waals surface area (Å²) in [5, 5.41) is 19.9. The van der Waals surface area contributed by atoms with E-state index in [1.807, 2.05) is 48.5 Å². The molecule has 1 atom stereocenters. The number of carbonyl (C=O) groups is 1. The van der Waals surface area contributed by atoms with E-state index in [9.17, 15) is 4.79 Å². The van der Waals surface area contributed by atoms with E-state index in [1.54, 1.807) is 28.4 Å². The zero-order chi connectivity index (χ0) is 53.0. The van der Waals surface area contributed by atoms with Crippen molar-refractivity contribution in [1.29, 1.82) is 0 Å². The summed E-state index contributed by atoms with van der Waals surface area (Å²) in [7, 11) is 4.39. The Morgan fingerprint density at radius 3 is 1.45 bits per heavy atom. The van der Waals surface area contributed by atoms with Gasteiger partial charge in [0.2, 0.25) is 5.91 Å². The lowest BCUT2D eigenvalue weighted by Crippen LogP contribution is -2.11. The number of fused-ring (bicyclic) bond motifs is 19. The highest BCUT2D eigenvalue weighted by atomic mass is 31.1.